The van der Waals surface area contributed by atoms with Gasteiger partial charge < -0.3 is 0 Å². The van der Waals surface area contributed by atoms with E-state index in [-0.39, 0.29) is 5.57 Å². The second-order valence-electron chi connectivity index (χ2n) is 6.92. The van der Waals surface area contributed by atoms with E-state index >= 15 is 0 Å². The molecule has 1 fully saturated rings. The first-order chi connectivity index (χ1) is 14.9. The van der Waals surface area contributed by atoms with Crippen LogP contribution >= 0.6 is 0 Å². The van der Waals surface area contributed by atoms with Gasteiger partial charge in [-0.05, 0) is 0 Å². The predicted molar refractivity (Wildman–Crippen MR) is 114 cm³/mol. The molecule has 152 valence electrons. The average molecular weight is 606 g/mol. The number of likely N-dealkylation sites (N-methyl/N-ethyl adjacent to an activating group) is 2. The van der Waals surface area contributed by atoms with Crippen molar-refractivity contribution in [3.63, 3.8) is 0 Å². The summed E-state index contributed by atoms with van der Waals surface area (Å²) in [7, 11) is 2.70. The molecule has 1 aromatic heterocycles. The van der Waals surface area contributed by atoms with E-state index in [4.69, 9.17) is 7.79 Å². The van der Waals surface area contributed by atoms with Crippen LogP contribution in [0.25, 0.3) is 23.0 Å². The summed E-state index contributed by atoms with van der Waals surface area (Å²) in [6, 6.07) is 16.3. The molecule has 4 amide bonds. The Kier molecular flexibility index (Phi) is 5.72. The number of rotatable bonds is 4. The molecule has 0 saturated carbocycles. The maximum atomic E-state index is 12.7. The normalized spacial score (nSPS) is 14.2. The van der Waals surface area contributed by atoms with Crippen LogP contribution in [0.1, 0.15) is 5.56 Å². The summed E-state index contributed by atoms with van der Waals surface area (Å²) in [5.74, 6) is -0.519. The molecule has 2 heterocycles. The second-order valence-corrected chi connectivity index (χ2v) is 7.84. The average Bonchev–Trinajstić information content (AvgIpc) is 3.24. The first-order valence-electron chi connectivity index (χ1n) is 9.34. The molecule has 0 aliphatic carbocycles. The third-order valence-electron chi connectivity index (χ3n) is 4.97. The smallest absolute Gasteiger partial charge is 0.247 e. The van der Waals surface area contributed by atoms with Crippen molar-refractivity contribution in [2.75, 3.05) is 14.1 Å². The van der Waals surface area contributed by atoms with Gasteiger partial charge in [-0.25, -0.2) is 4.79 Å². The van der Waals surface area contributed by atoms with Crippen molar-refractivity contribution in [3.05, 3.63) is 71.9 Å². The van der Waals surface area contributed by atoms with Gasteiger partial charge in [-0.15, -0.1) is 0 Å². The number of barbiturate groups is 1. The molecule has 0 N–H and O–H groups in total. The molecule has 0 bridgehead atoms. The SMILES string of the molecule is CN1C(=O)C(=Cc2cn(-c3ccccc3)nc2-c2ccc([O][Tl])cc2)C(=O)N(C)C1=O. The Morgan fingerprint density at radius 2 is 1.52 bits per heavy atom. The van der Waals surface area contributed by atoms with Gasteiger partial charge >= 0.3 is 191 Å². The Balaban J connectivity index is 1.86. The maximum absolute atomic E-state index is 12.7. The minimum Gasteiger partial charge on any atom is -0.247 e. The summed E-state index contributed by atoms with van der Waals surface area (Å²) >= 11 is 0.383. The Morgan fingerprint density at radius 1 is 0.903 bits per heavy atom. The van der Waals surface area contributed by atoms with E-state index in [1.165, 1.54) is 20.2 Å². The van der Waals surface area contributed by atoms with Gasteiger partial charge in [0.2, 0.25) is 0 Å². The summed E-state index contributed by atoms with van der Waals surface area (Å²) in [6.07, 6.45) is 3.25. The molecule has 2 aromatic carbocycles. The summed E-state index contributed by atoms with van der Waals surface area (Å²) < 4.78 is 7.08. The van der Waals surface area contributed by atoms with Gasteiger partial charge in [-0.2, -0.15) is 0 Å². The molecule has 1 aliphatic rings. The van der Waals surface area contributed by atoms with Crippen LogP contribution < -0.4 is 2.69 Å². The van der Waals surface area contributed by atoms with Gasteiger partial charge in [0.15, 0.2) is 0 Å². The van der Waals surface area contributed by atoms with Crippen LogP contribution in [0.4, 0.5) is 4.79 Å². The van der Waals surface area contributed by atoms with Crippen molar-refractivity contribution >= 4 is 50.1 Å². The zero-order chi connectivity index (χ0) is 22.1. The molecule has 0 radical (unpaired) electrons. The van der Waals surface area contributed by atoms with Crippen molar-refractivity contribution < 1.29 is 17.1 Å². The van der Waals surface area contributed by atoms with Crippen LogP contribution in [-0.4, -0.2) is 77.7 Å². The van der Waals surface area contributed by atoms with E-state index in [1.54, 1.807) is 10.9 Å². The third kappa shape index (κ3) is 3.90. The zero-order valence-electron chi connectivity index (χ0n) is 16.9. The number of urea groups is 1. The number of hydrogen-bond donors (Lipinski definition) is 0. The summed E-state index contributed by atoms with van der Waals surface area (Å²) in [5, 5.41) is 4.70. The van der Waals surface area contributed by atoms with E-state index in [0.29, 0.717) is 37.5 Å². The molecule has 9 heteroatoms. The molecule has 1 aliphatic heterocycles. The minimum atomic E-state index is -0.660. The summed E-state index contributed by atoms with van der Waals surface area (Å²) in [4.78, 5) is 39.2. The van der Waals surface area contributed by atoms with Crippen LogP contribution in [0.3, 0.4) is 0 Å². The Bertz CT molecular complexity index is 1180. The Labute approximate surface area is 195 Å². The number of carbonyl (C=O) groups is 3. The molecule has 8 nitrogen and oxygen atoms in total. The van der Waals surface area contributed by atoms with E-state index in [1.807, 2.05) is 54.6 Å². The molecule has 0 atom stereocenters. The molecular weight excluding hydrogens is 589 g/mol. The fourth-order valence-electron chi connectivity index (χ4n) is 3.25. The van der Waals surface area contributed by atoms with Crippen LogP contribution in [0.15, 0.2) is 66.4 Å². The van der Waals surface area contributed by atoms with Crippen LogP contribution in [0, 0.1) is 0 Å². The van der Waals surface area contributed by atoms with Crippen molar-refractivity contribution in [1.82, 2.24) is 19.6 Å². The summed E-state index contributed by atoms with van der Waals surface area (Å²) in [6.45, 7) is 0. The van der Waals surface area contributed by atoms with Crippen molar-refractivity contribution in [2.24, 2.45) is 0 Å². The standard InChI is InChI=1S/C22H18N4O4.Tl/c1-24-20(28)18(21(29)25(2)22(24)30)12-15-13-26(16-6-4-3-5-7-16)23-19(15)14-8-10-17(27)11-9-14;/h3-13,27H,1-2H3;/q;+1/p-1. The molecule has 1 saturated heterocycles. The monoisotopic (exact) mass is 606 g/mol. The van der Waals surface area contributed by atoms with Gasteiger partial charge in [0.1, 0.15) is 0 Å². The van der Waals surface area contributed by atoms with Crippen LogP contribution in [-0.2, 0) is 9.59 Å². The molecule has 31 heavy (non-hydrogen) atoms. The van der Waals surface area contributed by atoms with Gasteiger partial charge in [-0.3, -0.25) is 0 Å². The molecule has 3 aromatic rings. The number of hydrogen-bond acceptors (Lipinski definition) is 5. The van der Waals surface area contributed by atoms with Gasteiger partial charge in [0, 0.05) is 0 Å². The number of aromatic nitrogens is 2. The number of benzene rings is 2. The van der Waals surface area contributed by atoms with E-state index in [0.717, 1.165) is 26.8 Å². The molecule has 4 rings (SSSR count). The Hall–Kier alpha value is -3.28. The van der Waals surface area contributed by atoms with Crippen molar-refractivity contribution in [3.8, 4) is 22.7 Å². The number of nitrogens with zero attached hydrogens (tertiary/aromatic N) is 4. The topological polar surface area (TPSA) is 84.7 Å². The van der Waals surface area contributed by atoms with Crippen molar-refractivity contribution in [1.29, 1.82) is 0 Å². The number of carbonyl (C=O) groups excluding carboxylic acids is 3. The van der Waals surface area contributed by atoms with E-state index < -0.39 is 17.8 Å². The van der Waals surface area contributed by atoms with E-state index in [9.17, 15) is 14.4 Å². The number of imide groups is 2. The van der Waals surface area contributed by atoms with Gasteiger partial charge in [-0.1, -0.05) is 0 Å². The number of para-hydroxylation sites is 1. The molecule has 0 unspecified atom stereocenters. The minimum absolute atomic E-state index is 0.0980. The second kappa shape index (κ2) is 8.46. The van der Waals surface area contributed by atoms with E-state index in [2.05, 4.69) is 0 Å². The fourth-order valence-corrected chi connectivity index (χ4v) is 3.86. The predicted octanol–water partition coefficient (Wildman–Crippen LogP) is 2.44. The first-order valence-corrected chi connectivity index (χ1v) is 11.2. The molecular formula is C22H17N4O4Tl. The fraction of sp³-hybridized carbons (Fsp3) is 0.0909. The number of amides is 4. The molecule has 0 spiro atoms. The third-order valence-corrected chi connectivity index (χ3v) is 6.03. The quantitative estimate of drug-likeness (QED) is 0.259. The Morgan fingerprint density at radius 3 is 2.10 bits per heavy atom. The zero-order valence-corrected chi connectivity index (χ0v) is 21.3. The van der Waals surface area contributed by atoms with Crippen LogP contribution in [0.2, 0.25) is 0 Å². The van der Waals surface area contributed by atoms with Gasteiger partial charge in [0.05, 0.1) is 0 Å². The summed E-state index contributed by atoms with van der Waals surface area (Å²) in [5.41, 5.74) is 2.72. The van der Waals surface area contributed by atoms with Crippen LogP contribution in [0.5, 0.6) is 5.75 Å². The first kappa shape index (κ1) is 21.0. The van der Waals surface area contributed by atoms with Gasteiger partial charge in [0.25, 0.3) is 0 Å². The van der Waals surface area contributed by atoms with Crippen molar-refractivity contribution in [2.45, 2.75) is 0 Å².